The Labute approximate surface area is 164 Å². The molecule has 0 atom stereocenters. The number of rotatable bonds is 3. The summed E-state index contributed by atoms with van der Waals surface area (Å²) in [6, 6.07) is 20.2. The van der Waals surface area contributed by atoms with Crippen LogP contribution in [0.4, 0.5) is 0 Å². The van der Waals surface area contributed by atoms with Crippen molar-refractivity contribution < 1.29 is 17.9 Å². The van der Waals surface area contributed by atoms with Crippen molar-refractivity contribution in [1.29, 1.82) is 0 Å². The summed E-state index contributed by atoms with van der Waals surface area (Å²) < 4.78 is 29.6. The van der Waals surface area contributed by atoms with Crippen LogP contribution in [0.1, 0.15) is 25.0 Å². The number of hydrogen-bond donors (Lipinski definition) is 0. The van der Waals surface area contributed by atoms with Crippen molar-refractivity contribution in [2.24, 2.45) is 0 Å². The van der Waals surface area contributed by atoms with Gasteiger partial charge in [-0.3, -0.25) is 4.79 Å². The normalized spacial score (nSPS) is 16.5. The number of sulfone groups is 1. The van der Waals surface area contributed by atoms with Crippen LogP contribution in [-0.4, -0.2) is 26.1 Å². The van der Waals surface area contributed by atoms with Gasteiger partial charge in [0.25, 0.3) is 0 Å². The predicted molar refractivity (Wildman–Crippen MR) is 110 cm³/mol. The van der Waals surface area contributed by atoms with E-state index >= 15 is 0 Å². The number of ether oxygens (including phenoxy) is 1. The lowest BCUT2D eigenvalue weighted by Gasteiger charge is -2.18. The van der Waals surface area contributed by atoms with E-state index in [4.69, 9.17) is 4.74 Å². The molecule has 0 saturated carbocycles. The number of fused-ring (bicyclic) bond motifs is 1. The second-order valence-electron chi connectivity index (χ2n) is 7.47. The first kappa shape index (κ1) is 18.4. The quantitative estimate of drug-likeness (QED) is 0.659. The first-order valence-corrected chi connectivity index (χ1v) is 10.8. The zero-order valence-corrected chi connectivity index (χ0v) is 16.7. The Morgan fingerprint density at radius 1 is 0.857 bits per heavy atom. The monoisotopic (exact) mass is 392 g/mol. The van der Waals surface area contributed by atoms with E-state index in [1.165, 1.54) is 18.4 Å². The molecule has 1 heterocycles. The van der Waals surface area contributed by atoms with E-state index in [-0.39, 0.29) is 10.7 Å². The van der Waals surface area contributed by atoms with Crippen molar-refractivity contribution >= 4 is 37.7 Å². The van der Waals surface area contributed by atoms with Crippen molar-refractivity contribution in [2.45, 2.75) is 24.3 Å². The highest BCUT2D eigenvalue weighted by molar-refractivity contribution is 7.90. The predicted octanol–water partition coefficient (Wildman–Crippen LogP) is 4.49. The smallest absolute Gasteiger partial charge is 0.210 e. The van der Waals surface area contributed by atoms with Gasteiger partial charge in [-0.2, -0.15) is 0 Å². The molecule has 0 unspecified atom stereocenters. The van der Waals surface area contributed by atoms with Crippen LogP contribution in [0.3, 0.4) is 0 Å². The molecule has 5 heteroatoms. The molecule has 28 heavy (non-hydrogen) atoms. The minimum Gasteiger partial charge on any atom is -0.478 e. The second kappa shape index (κ2) is 6.31. The highest BCUT2D eigenvalue weighted by Crippen LogP contribution is 2.43. The molecule has 3 aromatic carbocycles. The third kappa shape index (κ3) is 3.02. The Morgan fingerprint density at radius 3 is 2.18 bits per heavy atom. The molecule has 4 rings (SSSR count). The molecule has 0 amide bonds. The maximum Gasteiger partial charge on any atom is 0.210 e. The van der Waals surface area contributed by atoms with Crippen LogP contribution < -0.4 is 0 Å². The molecule has 0 saturated heterocycles. The van der Waals surface area contributed by atoms with Crippen LogP contribution in [0.2, 0.25) is 0 Å². The van der Waals surface area contributed by atoms with E-state index in [1.807, 2.05) is 42.5 Å². The summed E-state index contributed by atoms with van der Waals surface area (Å²) in [6.45, 7) is 3.50. The van der Waals surface area contributed by atoms with Crippen LogP contribution in [0.25, 0.3) is 22.1 Å². The third-order valence-corrected chi connectivity index (χ3v) is 6.09. The Balaban J connectivity index is 1.96. The highest BCUT2D eigenvalue weighted by atomic mass is 32.2. The topological polar surface area (TPSA) is 60.4 Å². The molecular formula is C23H20O4S. The van der Waals surface area contributed by atoms with E-state index in [1.54, 1.807) is 26.0 Å². The van der Waals surface area contributed by atoms with Crippen molar-refractivity contribution in [3.8, 4) is 0 Å². The van der Waals surface area contributed by atoms with Crippen molar-refractivity contribution in [3.63, 3.8) is 0 Å². The summed E-state index contributed by atoms with van der Waals surface area (Å²) in [5.74, 6) is 0.387. The van der Waals surface area contributed by atoms with Gasteiger partial charge in [-0.05, 0) is 54.4 Å². The van der Waals surface area contributed by atoms with Gasteiger partial charge in [0.05, 0.1) is 10.5 Å². The standard InChI is InChI=1S/C23H20O4S/c1-23(2)22(24)20(19-10-6-8-15-7-4-5-9-18(15)19)21(27-23)16-11-13-17(14-12-16)28(3,25)26/h4-14H,1-3H3. The maximum atomic E-state index is 13.2. The van der Waals surface area contributed by atoms with Crippen LogP contribution >= 0.6 is 0 Å². The number of Topliss-reactive ketones (excluding diaryl/α,β-unsaturated/α-hetero) is 1. The molecule has 1 aliphatic heterocycles. The lowest BCUT2D eigenvalue weighted by atomic mass is 9.90. The second-order valence-corrected chi connectivity index (χ2v) is 9.48. The zero-order chi connectivity index (χ0) is 20.1. The minimum absolute atomic E-state index is 0.0916. The van der Waals surface area contributed by atoms with Gasteiger partial charge in [0, 0.05) is 11.8 Å². The molecular weight excluding hydrogens is 372 g/mol. The lowest BCUT2D eigenvalue weighted by molar-refractivity contribution is -0.125. The highest BCUT2D eigenvalue weighted by Gasteiger charge is 2.43. The van der Waals surface area contributed by atoms with Crippen molar-refractivity contribution in [2.75, 3.05) is 6.26 Å². The molecule has 0 aliphatic carbocycles. The summed E-state index contributed by atoms with van der Waals surface area (Å²) in [6.07, 6.45) is 1.17. The van der Waals surface area contributed by atoms with E-state index in [0.29, 0.717) is 16.9 Å². The summed E-state index contributed by atoms with van der Waals surface area (Å²) in [5.41, 5.74) is 1.02. The Morgan fingerprint density at radius 2 is 1.50 bits per heavy atom. The van der Waals surface area contributed by atoms with Gasteiger partial charge in [0.15, 0.2) is 15.4 Å². The van der Waals surface area contributed by atoms with Crippen molar-refractivity contribution in [3.05, 3.63) is 77.9 Å². The van der Waals surface area contributed by atoms with Gasteiger partial charge in [-0.15, -0.1) is 0 Å². The Bertz CT molecular complexity index is 1230. The Kier molecular flexibility index (Phi) is 4.16. The molecule has 3 aromatic rings. The summed E-state index contributed by atoms with van der Waals surface area (Å²) >= 11 is 0. The third-order valence-electron chi connectivity index (χ3n) is 4.96. The van der Waals surface area contributed by atoms with Crippen LogP contribution in [0.15, 0.2) is 71.6 Å². The van der Waals surface area contributed by atoms with E-state index in [0.717, 1.165) is 16.3 Å². The fraction of sp³-hybridized carbons (Fsp3) is 0.174. The molecule has 0 fully saturated rings. The number of hydrogen-bond acceptors (Lipinski definition) is 4. The largest absolute Gasteiger partial charge is 0.478 e. The molecule has 4 nitrogen and oxygen atoms in total. The molecule has 1 aliphatic rings. The first-order valence-electron chi connectivity index (χ1n) is 8.95. The molecule has 142 valence electrons. The molecule has 0 spiro atoms. The number of ketones is 1. The van der Waals surface area contributed by atoms with E-state index < -0.39 is 15.4 Å². The average Bonchev–Trinajstić information content (AvgIpc) is 2.90. The molecule has 0 N–H and O–H groups in total. The van der Waals surface area contributed by atoms with Crippen molar-refractivity contribution in [1.82, 2.24) is 0 Å². The van der Waals surface area contributed by atoms with E-state index in [2.05, 4.69) is 0 Å². The number of carbonyl (C=O) groups is 1. The summed E-state index contributed by atoms with van der Waals surface area (Å²) in [5, 5.41) is 2.01. The van der Waals surface area contributed by atoms with Crippen LogP contribution in [0, 0.1) is 0 Å². The fourth-order valence-electron chi connectivity index (χ4n) is 3.50. The fourth-order valence-corrected chi connectivity index (χ4v) is 4.13. The SMILES string of the molecule is CC1(C)OC(c2ccc(S(C)(=O)=O)cc2)=C(c2cccc3ccccc23)C1=O. The Hall–Kier alpha value is -2.92. The van der Waals surface area contributed by atoms with Gasteiger partial charge in [0.2, 0.25) is 5.78 Å². The minimum atomic E-state index is -3.30. The number of benzene rings is 3. The van der Waals surface area contributed by atoms with Gasteiger partial charge in [-0.1, -0.05) is 42.5 Å². The number of carbonyl (C=O) groups excluding carboxylic acids is 1. The van der Waals surface area contributed by atoms with E-state index in [9.17, 15) is 13.2 Å². The van der Waals surface area contributed by atoms with Gasteiger partial charge in [0.1, 0.15) is 5.76 Å². The van der Waals surface area contributed by atoms with Crippen LogP contribution in [-0.2, 0) is 19.4 Å². The lowest BCUT2D eigenvalue weighted by Crippen LogP contribution is -2.29. The van der Waals surface area contributed by atoms with Crippen LogP contribution in [0.5, 0.6) is 0 Å². The first-order chi connectivity index (χ1) is 13.2. The summed E-state index contributed by atoms with van der Waals surface area (Å²) in [7, 11) is -3.30. The summed E-state index contributed by atoms with van der Waals surface area (Å²) in [4.78, 5) is 13.4. The zero-order valence-electron chi connectivity index (χ0n) is 15.9. The average molecular weight is 392 g/mol. The van der Waals surface area contributed by atoms with Gasteiger partial charge < -0.3 is 4.74 Å². The van der Waals surface area contributed by atoms with Gasteiger partial charge >= 0.3 is 0 Å². The molecule has 0 radical (unpaired) electrons. The molecule has 0 aromatic heterocycles. The molecule has 0 bridgehead atoms. The van der Waals surface area contributed by atoms with Gasteiger partial charge in [-0.25, -0.2) is 8.42 Å². The maximum absolute atomic E-state index is 13.2.